The van der Waals surface area contributed by atoms with Crippen LogP contribution in [0.5, 0.6) is 0 Å². The van der Waals surface area contributed by atoms with Crippen molar-refractivity contribution in [3.63, 3.8) is 0 Å². The summed E-state index contributed by atoms with van der Waals surface area (Å²) in [5, 5.41) is 11.1. The van der Waals surface area contributed by atoms with E-state index >= 15 is 0 Å². The Kier molecular flexibility index (Phi) is 6.65. The fourth-order valence-corrected chi connectivity index (χ4v) is 4.50. The van der Waals surface area contributed by atoms with Crippen LogP contribution in [0.25, 0.3) is 0 Å². The van der Waals surface area contributed by atoms with E-state index in [-0.39, 0.29) is 11.9 Å². The molecule has 0 bridgehead atoms. The number of hydrogen-bond acceptors (Lipinski definition) is 6. The van der Waals surface area contributed by atoms with Gasteiger partial charge in [-0.2, -0.15) is 0 Å². The van der Waals surface area contributed by atoms with E-state index in [4.69, 9.17) is 5.73 Å². The average Bonchev–Trinajstić information content (AvgIpc) is 2.66. The van der Waals surface area contributed by atoms with Crippen LogP contribution in [0, 0.1) is 5.92 Å². The molecule has 7 heteroatoms. The van der Waals surface area contributed by atoms with Crippen molar-refractivity contribution in [1.82, 2.24) is 19.8 Å². The third-order valence-electron chi connectivity index (χ3n) is 5.94. The second kappa shape index (κ2) is 8.97. The second-order valence-corrected chi connectivity index (χ2v) is 8.34. The maximum absolute atomic E-state index is 13.0. The van der Waals surface area contributed by atoms with E-state index in [0.29, 0.717) is 19.5 Å². The third kappa shape index (κ3) is 5.39. The molecule has 0 aromatic carbocycles. The van der Waals surface area contributed by atoms with E-state index in [0.717, 1.165) is 37.4 Å². The summed E-state index contributed by atoms with van der Waals surface area (Å²) in [6, 6.07) is 0. The van der Waals surface area contributed by atoms with Crippen LogP contribution in [0.1, 0.15) is 56.9 Å². The number of likely N-dealkylation sites (N-methyl/N-ethyl adjacent to an activating group) is 1. The lowest BCUT2D eigenvalue weighted by atomic mass is 9.86. The predicted molar refractivity (Wildman–Crippen MR) is 105 cm³/mol. The van der Waals surface area contributed by atoms with Gasteiger partial charge in [-0.05, 0) is 32.2 Å². The third-order valence-corrected chi connectivity index (χ3v) is 5.94. The Labute approximate surface area is 162 Å². The van der Waals surface area contributed by atoms with Gasteiger partial charge in [-0.1, -0.05) is 32.1 Å². The van der Waals surface area contributed by atoms with E-state index in [1.54, 1.807) is 12.4 Å². The second-order valence-electron chi connectivity index (χ2n) is 8.34. The SMILES string of the molecule is CN(Cc1cnc(N)nc1)C[C@]1(O)CCCN(CCC2CCCCC2)C1=O. The molecule has 27 heavy (non-hydrogen) atoms. The largest absolute Gasteiger partial charge is 0.379 e. The molecule has 3 N–H and O–H groups in total. The van der Waals surface area contributed by atoms with Gasteiger partial charge in [0.2, 0.25) is 5.95 Å². The highest BCUT2D eigenvalue weighted by Gasteiger charge is 2.42. The molecule has 2 heterocycles. The number of rotatable bonds is 7. The monoisotopic (exact) mass is 375 g/mol. The number of aliphatic hydroxyl groups is 1. The highest BCUT2D eigenvalue weighted by molar-refractivity contribution is 5.86. The highest BCUT2D eigenvalue weighted by Crippen LogP contribution is 2.29. The van der Waals surface area contributed by atoms with Crippen LogP contribution in [0.4, 0.5) is 5.95 Å². The molecule has 1 saturated carbocycles. The highest BCUT2D eigenvalue weighted by atomic mass is 16.3. The number of amides is 1. The zero-order valence-corrected chi connectivity index (χ0v) is 16.4. The molecule has 0 radical (unpaired) electrons. The molecule has 1 saturated heterocycles. The average molecular weight is 376 g/mol. The van der Waals surface area contributed by atoms with Crippen molar-refractivity contribution in [2.24, 2.45) is 5.92 Å². The molecule has 2 aliphatic rings. The van der Waals surface area contributed by atoms with Crippen LogP contribution >= 0.6 is 0 Å². The maximum atomic E-state index is 13.0. The Balaban J connectivity index is 1.53. The predicted octanol–water partition coefficient (Wildman–Crippen LogP) is 1.81. The van der Waals surface area contributed by atoms with E-state index in [2.05, 4.69) is 9.97 Å². The van der Waals surface area contributed by atoms with Gasteiger partial charge in [0.15, 0.2) is 5.60 Å². The molecule has 1 aliphatic heterocycles. The van der Waals surface area contributed by atoms with Crippen LogP contribution in [0.15, 0.2) is 12.4 Å². The Morgan fingerprint density at radius 2 is 1.96 bits per heavy atom. The van der Waals surface area contributed by atoms with Crippen molar-refractivity contribution in [1.29, 1.82) is 0 Å². The van der Waals surface area contributed by atoms with Crippen molar-refractivity contribution in [2.45, 2.75) is 63.5 Å². The fourth-order valence-electron chi connectivity index (χ4n) is 4.50. The number of aromatic nitrogens is 2. The summed E-state index contributed by atoms with van der Waals surface area (Å²) in [6.07, 6.45) is 12.4. The molecule has 3 rings (SSSR count). The Hall–Kier alpha value is -1.73. The normalized spacial score (nSPS) is 24.6. The van der Waals surface area contributed by atoms with Gasteiger partial charge in [0.25, 0.3) is 5.91 Å². The van der Waals surface area contributed by atoms with Gasteiger partial charge in [-0.25, -0.2) is 9.97 Å². The van der Waals surface area contributed by atoms with Crippen molar-refractivity contribution < 1.29 is 9.90 Å². The molecular weight excluding hydrogens is 342 g/mol. The first-order valence-electron chi connectivity index (χ1n) is 10.2. The minimum Gasteiger partial charge on any atom is -0.379 e. The molecule has 2 fully saturated rings. The molecule has 7 nitrogen and oxygen atoms in total. The summed E-state index contributed by atoms with van der Waals surface area (Å²) < 4.78 is 0. The fraction of sp³-hybridized carbons (Fsp3) is 0.750. The van der Waals surface area contributed by atoms with E-state index in [1.165, 1.54) is 32.1 Å². The van der Waals surface area contributed by atoms with Gasteiger partial charge >= 0.3 is 0 Å². The lowest BCUT2D eigenvalue weighted by molar-refractivity contribution is -0.159. The van der Waals surface area contributed by atoms with Crippen molar-refractivity contribution in [3.8, 4) is 0 Å². The lowest BCUT2D eigenvalue weighted by Gasteiger charge is -2.40. The number of carbonyl (C=O) groups excluding carboxylic acids is 1. The van der Waals surface area contributed by atoms with E-state index in [1.807, 2.05) is 16.8 Å². The summed E-state index contributed by atoms with van der Waals surface area (Å²) in [5.74, 6) is 0.885. The van der Waals surface area contributed by atoms with Crippen LogP contribution in [0.3, 0.4) is 0 Å². The molecule has 1 aliphatic carbocycles. The van der Waals surface area contributed by atoms with Gasteiger partial charge in [0.05, 0.1) is 0 Å². The van der Waals surface area contributed by atoms with Gasteiger partial charge in [-0.3, -0.25) is 9.69 Å². The Morgan fingerprint density at radius 3 is 2.67 bits per heavy atom. The van der Waals surface area contributed by atoms with Crippen molar-refractivity contribution >= 4 is 11.9 Å². The molecule has 150 valence electrons. The number of carbonyl (C=O) groups is 1. The number of hydrogen-bond donors (Lipinski definition) is 2. The quantitative estimate of drug-likeness (QED) is 0.755. The van der Waals surface area contributed by atoms with Crippen LogP contribution < -0.4 is 5.73 Å². The van der Waals surface area contributed by atoms with Gasteiger partial charge in [0.1, 0.15) is 0 Å². The summed E-state index contributed by atoms with van der Waals surface area (Å²) >= 11 is 0. The molecule has 0 unspecified atom stereocenters. The first-order chi connectivity index (χ1) is 13.0. The van der Waals surface area contributed by atoms with Gasteiger partial charge < -0.3 is 15.7 Å². The number of nitrogens with two attached hydrogens (primary N) is 1. The summed E-state index contributed by atoms with van der Waals surface area (Å²) in [6.45, 7) is 2.43. The van der Waals surface area contributed by atoms with Crippen LogP contribution in [0.2, 0.25) is 0 Å². The minimum atomic E-state index is -1.30. The first kappa shape index (κ1) is 20.0. The molecule has 1 aromatic heterocycles. The van der Waals surface area contributed by atoms with Crippen LogP contribution in [-0.2, 0) is 11.3 Å². The number of anilines is 1. The van der Waals surface area contributed by atoms with Crippen molar-refractivity contribution in [2.75, 3.05) is 32.4 Å². The maximum Gasteiger partial charge on any atom is 0.255 e. The van der Waals surface area contributed by atoms with Crippen molar-refractivity contribution in [3.05, 3.63) is 18.0 Å². The topological polar surface area (TPSA) is 95.6 Å². The van der Waals surface area contributed by atoms with E-state index in [9.17, 15) is 9.90 Å². The Morgan fingerprint density at radius 1 is 1.26 bits per heavy atom. The minimum absolute atomic E-state index is 0.107. The molecule has 1 amide bonds. The molecule has 1 aromatic rings. The summed E-state index contributed by atoms with van der Waals surface area (Å²) in [7, 11) is 1.91. The number of likely N-dealkylation sites (tertiary alicyclic amines) is 1. The molecule has 0 spiro atoms. The zero-order chi connectivity index (χ0) is 19.3. The number of nitrogens with zero attached hydrogens (tertiary/aromatic N) is 4. The molecular formula is C20H33N5O2. The number of nitrogen functional groups attached to an aromatic ring is 1. The summed E-state index contributed by atoms with van der Waals surface area (Å²) in [5.41, 5.74) is 5.13. The molecule has 1 atom stereocenters. The summed E-state index contributed by atoms with van der Waals surface area (Å²) in [4.78, 5) is 24.8. The van der Waals surface area contributed by atoms with Gasteiger partial charge in [-0.15, -0.1) is 0 Å². The first-order valence-corrected chi connectivity index (χ1v) is 10.2. The Bertz CT molecular complexity index is 617. The lowest BCUT2D eigenvalue weighted by Crippen LogP contribution is -2.58. The zero-order valence-electron chi connectivity index (χ0n) is 16.4. The van der Waals surface area contributed by atoms with Gasteiger partial charge in [0, 0.05) is 44.1 Å². The number of piperidine rings is 1. The van der Waals surface area contributed by atoms with Crippen LogP contribution in [-0.4, -0.2) is 63.1 Å². The van der Waals surface area contributed by atoms with E-state index < -0.39 is 5.60 Å². The smallest absolute Gasteiger partial charge is 0.255 e. The standard InChI is InChI=1S/C20H33N5O2/c1-24(14-17-12-22-19(21)23-13-17)15-20(27)9-5-10-25(18(20)26)11-8-16-6-3-2-4-7-16/h12-13,16,27H,2-11,14-15H2,1H3,(H2,21,22,23)/t20-/m1/s1.